The summed E-state index contributed by atoms with van der Waals surface area (Å²) in [6.45, 7) is 0. The number of methoxy groups -OCH3 is 1. The topological polar surface area (TPSA) is 85.1 Å². The number of anilines is 2. The minimum atomic E-state index is 0.326. The molecule has 0 spiro atoms. The third-order valence-corrected chi connectivity index (χ3v) is 1.49. The Kier molecular flexibility index (Phi) is 2.06. The summed E-state index contributed by atoms with van der Waals surface area (Å²) in [5.74, 6) is 0.412. The van der Waals surface area contributed by atoms with Gasteiger partial charge in [-0.1, -0.05) is 0 Å². The largest absolute Gasteiger partial charge is 0.495 e. The van der Waals surface area contributed by atoms with Crippen molar-refractivity contribution in [1.82, 2.24) is 0 Å². The van der Waals surface area contributed by atoms with Gasteiger partial charge in [-0.15, -0.1) is 0 Å². The Labute approximate surface area is 70.3 Å². The van der Waals surface area contributed by atoms with Crippen LogP contribution in [0.15, 0.2) is 12.1 Å². The second-order valence-corrected chi connectivity index (χ2v) is 2.30. The quantitative estimate of drug-likeness (QED) is 0.597. The van der Waals surface area contributed by atoms with Gasteiger partial charge in [-0.05, 0) is 6.07 Å². The Morgan fingerprint density at radius 1 is 1.42 bits per heavy atom. The van der Waals surface area contributed by atoms with Crippen LogP contribution in [0.25, 0.3) is 0 Å². The van der Waals surface area contributed by atoms with Gasteiger partial charge < -0.3 is 16.2 Å². The minimum Gasteiger partial charge on any atom is -0.495 e. The number of benzene rings is 1. The molecule has 0 aliphatic carbocycles. The fourth-order valence-corrected chi connectivity index (χ4v) is 0.940. The average molecular weight is 163 g/mol. The van der Waals surface area contributed by atoms with Crippen molar-refractivity contribution in [1.29, 1.82) is 5.26 Å². The van der Waals surface area contributed by atoms with Gasteiger partial charge in [0.05, 0.1) is 12.8 Å². The summed E-state index contributed by atoms with van der Waals surface area (Å²) in [4.78, 5) is 0. The number of nitrogens with zero attached hydrogens (tertiary/aromatic N) is 1. The third kappa shape index (κ3) is 1.25. The van der Waals surface area contributed by atoms with E-state index in [1.54, 1.807) is 6.07 Å². The molecule has 0 atom stereocenters. The molecule has 0 aliphatic rings. The molecule has 62 valence electrons. The normalized spacial score (nSPS) is 9.00. The number of hydrogen-bond acceptors (Lipinski definition) is 4. The maximum atomic E-state index is 8.67. The molecule has 0 aromatic heterocycles. The van der Waals surface area contributed by atoms with Crippen LogP contribution in [0, 0.1) is 11.3 Å². The van der Waals surface area contributed by atoms with Crippen LogP contribution in [0.3, 0.4) is 0 Å². The monoisotopic (exact) mass is 163 g/mol. The Bertz CT molecular complexity index is 341. The van der Waals surface area contributed by atoms with Crippen molar-refractivity contribution in [2.45, 2.75) is 0 Å². The van der Waals surface area contributed by atoms with E-state index in [1.165, 1.54) is 13.2 Å². The highest BCUT2D eigenvalue weighted by Crippen LogP contribution is 2.26. The second-order valence-electron chi connectivity index (χ2n) is 2.30. The Hall–Kier alpha value is -1.89. The van der Waals surface area contributed by atoms with Crippen LogP contribution < -0.4 is 16.2 Å². The predicted octanol–water partition coefficient (Wildman–Crippen LogP) is 0.731. The smallest absolute Gasteiger partial charge is 0.140 e. The van der Waals surface area contributed by atoms with Gasteiger partial charge >= 0.3 is 0 Å². The molecule has 0 saturated heterocycles. The van der Waals surface area contributed by atoms with Gasteiger partial charge in [-0.25, -0.2) is 0 Å². The van der Waals surface area contributed by atoms with Crippen LogP contribution in [0.4, 0.5) is 11.4 Å². The summed E-state index contributed by atoms with van der Waals surface area (Å²) in [5, 5.41) is 8.67. The average Bonchev–Trinajstić information content (AvgIpc) is 2.03. The van der Waals surface area contributed by atoms with E-state index in [0.29, 0.717) is 22.7 Å². The highest BCUT2D eigenvalue weighted by molar-refractivity contribution is 5.67. The van der Waals surface area contributed by atoms with E-state index in [0.717, 1.165) is 0 Å². The zero-order chi connectivity index (χ0) is 9.14. The zero-order valence-electron chi connectivity index (χ0n) is 6.66. The Balaban J connectivity index is 3.36. The van der Waals surface area contributed by atoms with E-state index in [2.05, 4.69) is 0 Å². The maximum absolute atomic E-state index is 8.67. The lowest BCUT2D eigenvalue weighted by molar-refractivity contribution is 0.414. The molecule has 1 aromatic rings. The van der Waals surface area contributed by atoms with E-state index in [1.807, 2.05) is 6.07 Å². The summed E-state index contributed by atoms with van der Waals surface area (Å²) in [6, 6.07) is 5.03. The predicted molar refractivity (Wildman–Crippen MR) is 46.5 cm³/mol. The van der Waals surface area contributed by atoms with E-state index >= 15 is 0 Å². The SMILES string of the molecule is COc1cc(N)cc(N)c1C#N. The Morgan fingerprint density at radius 2 is 2.08 bits per heavy atom. The van der Waals surface area contributed by atoms with Crippen LogP contribution in [0.2, 0.25) is 0 Å². The summed E-state index contributed by atoms with van der Waals surface area (Å²) in [5.41, 5.74) is 12.2. The molecule has 0 heterocycles. The van der Waals surface area contributed by atoms with Gasteiger partial charge in [-0.3, -0.25) is 0 Å². The first-order valence-electron chi connectivity index (χ1n) is 3.32. The van der Waals surface area contributed by atoms with Gasteiger partial charge in [0.1, 0.15) is 17.4 Å². The van der Waals surface area contributed by atoms with Gasteiger partial charge in [-0.2, -0.15) is 5.26 Å². The second kappa shape index (κ2) is 3.01. The molecule has 0 fully saturated rings. The molecule has 0 saturated carbocycles. The lowest BCUT2D eigenvalue weighted by Crippen LogP contribution is -1.97. The molecule has 0 unspecified atom stereocenters. The van der Waals surface area contributed by atoms with Crippen molar-refractivity contribution in [3.63, 3.8) is 0 Å². The van der Waals surface area contributed by atoms with Crippen LogP contribution in [-0.4, -0.2) is 7.11 Å². The number of nitrogens with two attached hydrogens (primary N) is 2. The van der Waals surface area contributed by atoms with Crippen molar-refractivity contribution in [2.75, 3.05) is 18.6 Å². The molecule has 12 heavy (non-hydrogen) atoms. The lowest BCUT2D eigenvalue weighted by atomic mass is 10.1. The van der Waals surface area contributed by atoms with Crippen LogP contribution in [0.1, 0.15) is 5.56 Å². The van der Waals surface area contributed by atoms with Gasteiger partial charge in [0, 0.05) is 11.8 Å². The zero-order valence-corrected chi connectivity index (χ0v) is 6.66. The molecule has 1 rings (SSSR count). The van der Waals surface area contributed by atoms with Crippen LogP contribution in [-0.2, 0) is 0 Å². The van der Waals surface area contributed by atoms with Gasteiger partial charge in [0.25, 0.3) is 0 Å². The minimum absolute atomic E-state index is 0.326. The first-order chi connectivity index (χ1) is 5.69. The fourth-order valence-electron chi connectivity index (χ4n) is 0.940. The first-order valence-corrected chi connectivity index (χ1v) is 3.32. The molecule has 0 bridgehead atoms. The van der Waals surface area contributed by atoms with E-state index in [4.69, 9.17) is 21.5 Å². The summed E-state index contributed by atoms with van der Waals surface area (Å²) < 4.78 is 4.92. The van der Waals surface area contributed by atoms with Crippen molar-refractivity contribution >= 4 is 11.4 Å². The molecule has 0 amide bonds. The standard InChI is InChI=1S/C8H9N3O/c1-12-8-3-5(10)2-7(11)6(8)4-9/h2-3H,10-11H2,1H3. The third-order valence-electron chi connectivity index (χ3n) is 1.49. The number of rotatable bonds is 1. The number of nitriles is 1. The van der Waals surface area contributed by atoms with Gasteiger partial charge in [0.2, 0.25) is 0 Å². The van der Waals surface area contributed by atoms with Crippen molar-refractivity contribution in [3.05, 3.63) is 17.7 Å². The lowest BCUT2D eigenvalue weighted by Gasteiger charge is -2.05. The van der Waals surface area contributed by atoms with E-state index < -0.39 is 0 Å². The summed E-state index contributed by atoms with van der Waals surface area (Å²) in [7, 11) is 1.47. The molecular weight excluding hydrogens is 154 g/mol. The van der Waals surface area contributed by atoms with Crippen LogP contribution in [0.5, 0.6) is 5.75 Å². The summed E-state index contributed by atoms with van der Waals surface area (Å²) >= 11 is 0. The molecule has 4 heteroatoms. The Morgan fingerprint density at radius 3 is 2.58 bits per heavy atom. The molecule has 1 aromatic carbocycles. The van der Waals surface area contributed by atoms with Crippen molar-refractivity contribution in [2.24, 2.45) is 0 Å². The fraction of sp³-hybridized carbons (Fsp3) is 0.125. The maximum Gasteiger partial charge on any atom is 0.140 e. The molecule has 0 aliphatic heterocycles. The van der Waals surface area contributed by atoms with Crippen molar-refractivity contribution < 1.29 is 4.74 Å². The van der Waals surface area contributed by atoms with E-state index in [-0.39, 0.29) is 0 Å². The van der Waals surface area contributed by atoms with E-state index in [9.17, 15) is 0 Å². The molecule has 0 radical (unpaired) electrons. The van der Waals surface area contributed by atoms with Crippen molar-refractivity contribution in [3.8, 4) is 11.8 Å². The first kappa shape index (κ1) is 8.21. The van der Waals surface area contributed by atoms with Crippen LogP contribution >= 0.6 is 0 Å². The highest BCUT2D eigenvalue weighted by atomic mass is 16.5. The van der Waals surface area contributed by atoms with Gasteiger partial charge in [0.15, 0.2) is 0 Å². The number of nitrogen functional groups attached to an aromatic ring is 2. The molecular formula is C8H9N3O. The highest BCUT2D eigenvalue weighted by Gasteiger charge is 2.06. The molecule has 4 N–H and O–H groups in total. The summed E-state index contributed by atoms with van der Waals surface area (Å²) in [6.07, 6.45) is 0. The number of ether oxygens (including phenoxy) is 1. The number of hydrogen-bond donors (Lipinski definition) is 2. The molecule has 4 nitrogen and oxygen atoms in total.